The lowest BCUT2D eigenvalue weighted by molar-refractivity contribution is 0.609. The Morgan fingerprint density at radius 3 is 2.62 bits per heavy atom. The predicted octanol–water partition coefficient (Wildman–Crippen LogP) is 4.42. The van der Waals surface area contributed by atoms with Crippen LogP contribution < -0.4 is 0 Å². The topological polar surface area (TPSA) is 41.6 Å². The van der Waals surface area contributed by atoms with Gasteiger partial charge in [0.15, 0.2) is 0 Å². The molecule has 0 bridgehead atoms. The Labute approximate surface area is 140 Å². The monoisotopic (exact) mass is 317 g/mol. The quantitative estimate of drug-likeness (QED) is 0.699. The first-order valence-electron chi connectivity index (χ1n) is 7.70. The van der Waals surface area contributed by atoms with Crippen LogP contribution in [-0.4, -0.2) is 9.55 Å². The highest BCUT2D eigenvalue weighted by Crippen LogP contribution is 2.19. The molecule has 3 aromatic rings. The molecule has 0 aliphatic rings. The first-order valence-corrected chi connectivity index (χ1v) is 7.70. The van der Waals surface area contributed by atoms with Gasteiger partial charge in [-0.1, -0.05) is 36.4 Å². The van der Waals surface area contributed by atoms with Crippen molar-refractivity contribution in [3.05, 3.63) is 95.8 Å². The average Bonchev–Trinajstić information content (AvgIpc) is 3.15. The molecule has 0 N–H and O–H groups in total. The third kappa shape index (κ3) is 3.58. The zero-order valence-corrected chi connectivity index (χ0v) is 13.1. The van der Waals surface area contributed by atoms with Gasteiger partial charge in [0.25, 0.3) is 0 Å². The van der Waals surface area contributed by atoms with Crippen molar-refractivity contribution in [3.8, 4) is 6.07 Å². The van der Waals surface area contributed by atoms with Crippen molar-refractivity contribution in [1.29, 1.82) is 5.26 Å². The number of hydrogen-bond acceptors (Lipinski definition) is 2. The van der Waals surface area contributed by atoms with Crippen LogP contribution in [0.25, 0.3) is 5.70 Å². The molecule has 1 aromatic heterocycles. The largest absolute Gasteiger partial charge is 0.306 e. The minimum Gasteiger partial charge on any atom is -0.306 e. The van der Waals surface area contributed by atoms with Gasteiger partial charge < -0.3 is 4.57 Å². The van der Waals surface area contributed by atoms with E-state index in [0.717, 1.165) is 11.3 Å². The summed E-state index contributed by atoms with van der Waals surface area (Å²) < 4.78 is 15.6. The lowest BCUT2D eigenvalue weighted by Gasteiger charge is -2.10. The van der Waals surface area contributed by atoms with Crippen LogP contribution in [0.1, 0.15) is 23.1 Å². The maximum atomic E-state index is 13.7. The second-order valence-electron chi connectivity index (χ2n) is 5.38. The Hall–Kier alpha value is -3.19. The van der Waals surface area contributed by atoms with Crippen molar-refractivity contribution in [1.82, 2.24) is 9.55 Å². The molecule has 1 heterocycles. The normalized spacial score (nSPS) is 11.2. The SMILES string of the molecule is N#Cc1ccc(C(=CCCc2ccccc2F)n2ccnc2)cc1. The van der Waals surface area contributed by atoms with Crippen LogP contribution in [0.5, 0.6) is 0 Å². The van der Waals surface area contributed by atoms with E-state index >= 15 is 0 Å². The fourth-order valence-electron chi connectivity index (χ4n) is 2.56. The highest BCUT2D eigenvalue weighted by Gasteiger charge is 2.05. The van der Waals surface area contributed by atoms with Gasteiger partial charge in [0, 0.05) is 18.1 Å². The minimum atomic E-state index is -0.173. The molecule has 0 saturated carbocycles. The molecule has 0 fully saturated rings. The van der Waals surface area contributed by atoms with Crippen molar-refractivity contribution >= 4 is 5.70 Å². The van der Waals surface area contributed by atoms with Gasteiger partial charge >= 0.3 is 0 Å². The molecule has 0 amide bonds. The van der Waals surface area contributed by atoms with Crippen molar-refractivity contribution in [2.45, 2.75) is 12.8 Å². The number of benzene rings is 2. The lowest BCUT2D eigenvalue weighted by atomic mass is 10.1. The molecule has 4 heteroatoms. The molecule has 0 saturated heterocycles. The summed E-state index contributed by atoms with van der Waals surface area (Å²) in [4.78, 5) is 4.09. The van der Waals surface area contributed by atoms with E-state index in [1.54, 1.807) is 30.7 Å². The molecule has 118 valence electrons. The Balaban J connectivity index is 1.85. The van der Waals surface area contributed by atoms with Gasteiger partial charge in [0.1, 0.15) is 5.82 Å². The maximum absolute atomic E-state index is 13.7. The highest BCUT2D eigenvalue weighted by atomic mass is 19.1. The van der Waals surface area contributed by atoms with E-state index in [4.69, 9.17) is 5.26 Å². The second kappa shape index (κ2) is 7.38. The molecule has 0 aliphatic heterocycles. The Morgan fingerprint density at radius 1 is 1.17 bits per heavy atom. The van der Waals surface area contributed by atoms with Crippen LogP contribution in [0.4, 0.5) is 4.39 Å². The van der Waals surface area contributed by atoms with Crippen molar-refractivity contribution in [3.63, 3.8) is 0 Å². The maximum Gasteiger partial charge on any atom is 0.126 e. The van der Waals surface area contributed by atoms with Crippen molar-refractivity contribution in [2.24, 2.45) is 0 Å². The van der Waals surface area contributed by atoms with Crippen LogP contribution in [0.2, 0.25) is 0 Å². The molecule has 3 rings (SSSR count). The van der Waals surface area contributed by atoms with Crippen molar-refractivity contribution in [2.75, 3.05) is 0 Å². The minimum absolute atomic E-state index is 0.173. The van der Waals surface area contributed by atoms with Crippen molar-refractivity contribution < 1.29 is 4.39 Å². The summed E-state index contributed by atoms with van der Waals surface area (Å²) in [6, 6.07) is 16.3. The Morgan fingerprint density at radius 2 is 1.96 bits per heavy atom. The fourth-order valence-corrected chi connectivity index (χ4v) is 2.56. The summed E-state index contributed by atoms with van der Waals surface area (Å²) in [6.07, 6.45) is 8.71. The average molecular weight is 317 g/mol. The Kier molecular flexibility index (Phi) is 4.83. The molecule has 0 unspecified atom stereocenters. The fraction of sp³-hybridized carbons (Fsp3) is 0.100. The first kappa shape index (κ1) is 15.7. The van der Waals surface area contributed by atoms with Gasteiger partial charge in [-0.25, -0.2) is 9.37 Å². The van der Waals surface area contributed by atoms with Crippen LogP contribution in [0.15, 0.2) is 73.3 Å². The highest BCUT2D eigenvalue weighted by molar-refractivity contribution is 5.66. The van der Waals surface area contributed by atoms with E-state index in [1.165, 1.54) is 6.07 Å². The standard InChI is InChI=1S/C20H16FN3/c21-19-6-2-1-4-17(19)5-3-7-20(24-13-12-23-15-24)18-10-8-16(14-22)9-11-18/h1-2,4,6-13,15H,3,5H2. The van der Waals surface area contributed by atoms with Crippen LogP contribution in [0.3, 0.4) is 0 Å². The third-order valence-electron chi connectivity index (χ3n) is 3.80. The molecular formula is C20H16FN3. The molecule has 0 spiro atoms. The molecular weight excluding hydrogens is 301 g/mol. The summed E-state index contributed by atoms with van der Waals surface area (Å²) in [5.41, 5.74) is 3.28. The number of rotatable bonds is 5. The van der Waals surface area contributed by atoms with Crippen LogP contribution in [-0.2, 0) is 6.42 Å². The predicted molar refractivity (Wildman–Crippen MR) is 91.5 cm³/mol. The number of nitrogens with zero attached hydrogens (tertiary/aromatic N) is 3. The molecule has 0 radical (unpaired) electrons. The number of imidazole rings is 1. The van der Waals surface area contributed by atoms with E-state index in [2.05, 4.69) is 17.1 Å². The summed E-state index contributed by atoms with van der Waals surface area (Å²) in [5.74, 6) is -0.173. The number of aromatic nitrogens is 2. The van der Waals surface area contributed by atoms with Crippen LogP contribution in [0, 0.1) is 17.1 Å². The summed E-state index contributed by atoms with van der Waals surface area (Å²) in [5, 5.41) is 8.93. The molecule has 3 nitrogen and oxygen atoms in total. The summed E-state index contributed by atoms with van der Waals surface area (Å²) >= 11 is 0. The number of nitriles is 1. The zero-order chi connectivity index (χ0) is 16.8. The first-order chi connectivity index (χ1) is 11.8. The molecule has 2 aromatic carbocycles. The molecule has 0 aliphatic carbocycles. The second-order valence-corrected chi connectivity index (χ2v) is 5.38. The summed E-state index contributed by atoms with van der Waals surface area (Å²) in [6.45, 7) is 0. The van der Waals surface area contributed by atoms with E-state index < -0.39 is 0 Å². The van der Waals surface area contributed by atoms with Gasteiger partial charge in [0.05, 0.1) is 18.0 Å². The van der Waals surface area contributed by atoms with E-state index in [-0.39, 0.29) is 5.82 Å². The zero-order valence-electron chi connectivity index (χ0n) is 13.1. The number of aryl methyl sites for hydroxylation is 1. The van der Waals surface area contributed by atoms with Gasteiger partial charge in [-0.05, 0) is 42.2 Å². The van der Waals surface area contributed by atoms with E-state index in [0.29, 0.717) is 24.0 Å². The van der Waals surface area contributed by atoms with E-state index in [9.17, 15) is 4.39 Å². The third-order valence-corrected chi connectivity index (χ3v) is 3.80. The molecule has 0 atom stereocenters. The van der Waals surface area contributed by atoms with Gasteiger partial charge in [-0.3, -0.25) is 0 Å². The smallest absolute Gasteiger partial charge is 0.126 e. The number of allylic oxidation sites excluding steroid dienone is 1. The van der Waals surface area contributed by atoms with E-state index in [1.807, 2.05) is 35.0 Å². The van der Waals surface area contributed by atoms with Crippen LogP contribution >= 0.6 is 0 Å². The van der Waals surface area contributed by atoms with Gasteiger partial charge in [-0.2, -0.15) is 5.26 Å². The number of halogens is 1. The molecule has 24 heavy (non-hydrogen) atoms. The van der Waals surface area contributed by atoms with Gasteiger partial charge in [0.2, 0.25) is 0 Å². The number of hydrogen-bond donors (Lipinski definition) is 0. The Bertz CT molecular complexity index is 872. The van der Waals surface area contributed by atoms with Gasteiger partial charge in [-0.15, -0.1) is 0 Å². The summed E-state index contributed by atoms with van der Waals surface area (Å²) in [7, 11) is 0. The lowest BCUT2D eigenvalue weighted by Crippen LogP contribution is -1.97.